The van der Waals surface area contributed by atoms with Crippen molar-refractivity contribution in [1.29, 1.82) is 0 Å². The van der Waals surface area contributed by atoms with Gasteiger partial charge in [-0.1, -0.05) is 97.1 Å². The lowest BCUT2D eigenvalue weighted by Crippen LogP contribution is -2.30. The van der Waals surface area contributed by atoms with E-state index in [9.17, 15) is 0 Å². The lowest BCUT2D eigenvalue weighted by atomic mass is 9.64. The number of hydrogen-bond donors (Lipinski definition) is 0. The lowest BCUT2D eigenvalue weighted by molar-refractivity contribution is 0.612. The van der Waals surface area contributed by atoms with Crippen molar-refractivity contribution < 1.29 is 0 Å². The van der Waals surface area contributed by atoms with E-state index < -0.39 is 0 Å². The predicted octanol–water partition coefficient (Wildman–Crippen LogP) is 8.44. The third-order valence-electron chi connectivity index (χ3n) is 7.88. The van der Waals surface area contributed by atoms with Gasteiger partial charge < -0.3 is 0 Å². The molecule has 0 heterocycles. The number of benzene rings is 3. The molecule has 2 atom stereocenters. The molecule has 7 rings (SSSR count). The van der Waals surface area contributed by atoms with Crippen molar-refractivity contribution in [1.82, 2.24) is 0 Å². The summed E-state index contributed by atoms with van der Waals surface area (Å²) >= 11 is 6.28. The first kappa shape index (κ1) is 19.9. The number of rotatable bonds is 1. The summed E-state index contributed by atoms with van der Waals surface area (Å²) in [7, 11) is 0. The van der Waals surface area contributed by atoms with Gasteiger partial charge in [0.2, 0.25) is 0 Å². The topological polar surface area (TPSA) is 0 Å². The first-order chi connectivity index (χ1) is 16.7. The molecule has 1 spiro atoms. The highest BCUT2D eigenvalue weighted by Gasteiger charge is 2.54. The molecule has 4 aliphatic rings. The van der Waals surface area contributed by atoms with Gasteiger partial charge in [-0.15, -0.1) is 0 Å². The molecular weight excluding hydrogens is 432 g/mol. The number of halogens is 1. The molecule has 0 saturated heterocycles. The maximum Gasteiger partial charge on any atom is 0.0667 e. The Labute approximate surface area is 206 Å². The van der Waals surface area contributed by atoms with Crippen LogP contribution in [-0.4, -0.2) is 0 Å². The maximum absolute atomic E-state index is 6.28. The minimum atomic E-state index is -0.283. The highest BCUT2D eigenvalue weighted by atomic mass is 35.5. The molecule has 0 aliphatic heterocycles. The second kappa shape index (κ2) is 7.23. The Hall–Kier alpha value is -3.53. The molecule has 2 unspecified atom stereocenters. The molecule has 3 aromatic rings. The Bertz CT molecular complexity index is 1560. The van der Waals surface area contributed by atoms with Crippen LogP contribution in [0.4, 0.5) is 0 Å². The summed E-state index contributed by atoms with van der Waals surface area (Å²) in [6.45, 7) is 2.33. The second-order valence-corrected chi connectivity index (χ2v) is 10.1. The molecule has 0 radical (unpaired) electrons. The summed E-state index contributed by atoms with van der Waals surface area (Å²) in [6.07, 6.45) is 10.9. The van der Waals surface area contributed by atoms with Crippen LogP contribution in [0.1, 0.15) is 30.9 Å². The van der Waals surface area contributed by atoms with Crippen LogP contribution in [-0.2, 0) is 5.41 Å². The summed E-state index contributed by atoms with van der Waals surface area (Å²) in [6, 6.07) is 24.1. The van der Waals surface area contributed by atoms with Crippen LogP contribution < -0.4 is 0 Å². The molecule has 0 saturated carbocycles. The molecule has 0 nitrogen and oxygen atoms in total. The molecular formula is C33H23Cl. The van der Waals surface area contributed by atoms with Crippen molar-refractivity contribution in [3.8, 4) is 34.1 Å². The van der Waals surface area contributed by atoms with E-state index in [1.807, 2.05) is 18.2 Å². The minimum absolute atomic E-state index is 0.283. The first-order valence-corrected chi connectivity index (χ1v) is 12.4. The van der Waals surface area contributed by atoms with Gasteiger partial charge in [-0.25, -0.2) is 0 Å². The van der Waals surface area contributed by atoms with Crippen LogP contribution in [0.2, 0.25) is 5.02 Å². The van der Waals surface area contributed by atoms with Crippen molar-refractivity contribution in [2.75, 3.05) is 0 Å². The molecule has 162 valence electrons. The Balaban J connectivity index is 1.65. The summed E-state index contributed by atoms with van der Waals surface area (Å²) in [5.41, 5.74) is 13.4. The maximum atomic E-state index is 6.28. The fourth-order valence-electron chi connectivity index (χ4n) is 6.61. The van der Waals surface area contributed by atoms with Crippen molar-refractivity contribution in [3.63, 3.8) is 0 Å². The van der Waals surface area contributed by atoms with Gasteiger partial charge in [0.15, 0.2) is 0 Å². The molecule has 0 bridgehead atoms. The number of allylic oxidation sites excluding steroid dienone is 8. The summed E-state index contributed by atoms with van der Waals surface area (Å²) in [5, 5.41) is 0.764. The zero-order chi connectivity index (χ0) is 22.9. The van der Waals surface area contributed by atoms with Gasteiger partial charge in [-0.2, -0.15) is 0 Å². The van der Waals surface area contributed by atoms with Crippen molar-refractivity contribution in [2.24, 2.45) is 5.92 Å². The van der Waals surface area contributed by atoms with Crippen molar-refractivity contribution in [3.05, 3.63) is 129 Å². The molecule has 0 N–H and O–H groups in total. The van der Waals surface area contributed by atoms with Crippen LogP contribution >= 0.6 is 11.6 Å². The average Bonchev–Trinajstić information content (AvgIpc) is 3.16. The lowest BCUT2D eigenvalue weighted by Gasteiger charge is -2.37. The zero-order valence-corrected chi connectivity index (χ0v) is 19.8. The summed E-state index contributed by atoms with van der Waals surface area (Å²) < 4.78 is 0. The molecule has 34 heavy (non-hydrogen) atoms. The van der Waals surface area contributed by atoms with Gasteiger partial charge in [0.25, 0.3) is 0 Å². The molecule has 1 heteroatoms. The standard InChI is InChI=1S/C33H23Cl/c1-21-14-19-27-25-8-3-2-4-12-29(25)33(31(27)20-21)30-13-6-5-9-26(30)28-11-7-10-24(32(28)33)22-15-17-23(34)18-16-22/h3,5-11,13-19,21H,12,20H2,1H3. The summed E-state index contributed by atoms with van der Waals surface area (Å²) in [4.78, 5) is 0. The van der Waals surface area contributed by atoms with Crippen LogP contribution in [0.5, 0.6) is 0 Å². The van der Waals surface area contributed by atoms with Crippen LogP contribution in [0.3, 0.4) is 0 Å². The Morgan fingerprint density at radius 3 is 2.47 bits per heavy atom. The largest absolute Gasteiger partial charge is 0.0940 e. The van der Waals surface area contributed by atoms with Gasteiger partial charge in [0.1, 0.15) is 0 Å². The van der Waals surface area contributed by atoms with E-state index in [4.69, 9.17) is 11.6 Å². The molecule has 0 amide bonds. The van der Waals surface area contributed by atoms with Crippen LogP contribution in [0, 0.1) is 17.8 Å². The van der Waals surface area contributed by atoms with E-state index in [0.29, 0.717) is 5.92 Å². The Morgan fingerprint density at radius 2 is 1.59 bits per heavy atom. The van der Waals surface area contributed by atoms with Crippen molar-refractivity contribution >= 4 is 11.6 Å². The van der Waals surface area contributed by atoms with Gasteiger partial charge in [0.05, 0.1) is 5.41 Å². The van der Waals surface area contributed by atoms with E-state index in [2.05, 4.69) is 91.6 Å². The van der Waals surface area contributed by atoms with Gasteiger partial charge in [-0.05, 0) is 92.3 Å². The minimum Gasteiger partial charge on any atom is -0.0940 e. The van der Waals surface area contributed by atoms with E-state index in [-0.39, 0.29) is 5.41 Å². The zero-order valence-electron chi connectivity index (χ0n) is 19.0. The highest BCUT2D eigenvalue weighted by Crippen LogP contribution is 2.65. The monoisotopic (exact) mass is 454 g/mol. The second-order valence-electron chi connectivity index (χ2n) is 9.69. The third kappa shape index (κ3) is 2.51. The van der Waals surface area contributed by atoms with E-state index in [0.717, 1.165) is 17.9 Å². The van der Waals surface area contributed by atoms with Gasteiger partial charge in [-0.3, -0.25) is 0 Å². The SMILES string of the molecule is CC1C=CC2=C(C1)C1(C3=C2C=CC#CC3)c2ccccc2-c2cccc(-c3ccc(Cl)cc3)c21. The first-order valence-electron chi connectivity index (χ1n) is 12.0. The van der Waals surface area contributed by atoms with E-state index in [1.54, 1.807) is 0 Å². The van der Waals surface area contributed by atoms with E-state index in [1.165, 1.54) is 55.7 Å². The average molecular weight is 455 g/mol. The van der Waals surface area contributed by atoms with Gasteiger partial charge in [0, 0.05) is 11.4 Å². The summed E-state index contributed by atoms with van der Waals surface area (Å²) in [5.74, 6) is 7.22. The fraction of sp³-hybridized carbons (Fsp3) is 0.152. The molecule has 0 aromatic heterocycles. The van der Waals surface area contributed by atoms with E-state index >= 15 is 0 Å². The molecule has 3 aromatic carbocycles. The molecule has 4 aliphatic carbocycles. The van der Waals surface area contributed by atoms with Gasteiger partial charge >= 0.3 is 0 Å². The normalized spacial score (nSPS) is 23.3. The van der Waals surface area contributed by atoms with Crippen LogP contribution in [0.15, 0.2) is 113 Å². The predicted molar refractivity (Wildman–Crippen MR) is 142 cm³/mol. The Kier molecular flexibility index (Phi) is 4.23. The number of fused-ring (bicyclic) bond motifs is 8. The highest BCUT2D eigenvalue weighted by molar-refractivity contribution is 6.30. The molecule has 0 fully saturated rings. The Morgan fingerprint density at radius 1 is 0.824 bits per heavy atom. The van der Waals surface area contributed by atoms with Crippen molar-refractivity contribution in [2.45, 2.75) is 25.2 Å². The number of hydrogen-bond acceptors (Lipinski definition) is 0. The van der Waals surface area contributed by atoms with Crippen LogP contribution in [0.25, 0.3) is 22.3 Å². The smallest absolute Gasteiger partial charge is 0.0667 e. The fourth-order valence-corrected chi connectivity index (χ4v) is 6.74. The third-order valence-corrected chi connectivity index (χ3v) is 8.13. The quantitative estimate of drug-likeness (QED) is 0.323.